The molecule has 2 N–H and O–H groups in total. The highest BCUT2D eigenvalue weighted by Crippen LogP contribution is 2.31. The minimum absolute atomic E-state index is 0.801. The fourth-order valence-electron chi connectivity index (χ4n) is 3.17. The maximum atomic E-state index is 5.56. The van der Waals surface area contributed by atoms with Crippen LogP contribution >= 0.6 is 0 Å². The van der Waals surface area contributed by atoms with Crippen LogP contribution in [0.5, 0.6) is 5.75 Å². The molecular formula is C19H24N2O. The standard InChI is InChI=1S/C19H24N2O/c1-22-15-10-11-19-17(14-15)16-8-4-5-9-18(16)21(19)13-7-3-2-6-12-20/h4-5,8-11,14H,2-3,6-7,12-13,20H2,1H3. The minimum atomic E-state index is 0.801. The summed E-state index contributed by atoms with van der Waals surface area (Å²) in [4.78, 5) is 0. The molecule has 0 spiro atoms. The van der Waals surface area contributed by atoms with Gasteiger partial charge in [0.15, 0.2) is 0 Å². The molecule has 0 saturated carbocycles. The fourth-order valence-corrected chi connectivity index (χ4v) is 3.17. The number of aryl methyl sites for hydroxylation is 1. The van der Waals surface area contributed by atoms with Gasteiger partial charge in [0.25, 0.3) is 0 Å². The third kappa shape index (κ3) is 2.81. The molecule has 0 bridgehead atoms. The summed E-state index contributed by atoms with van der Waals surface area (Å²) in [6, 6.07) is 15.0. The number of methoxy groups -OCH3 is 1. The fraction of sp³-hybridized carbons (Fsp3) is 0.368. The van der Waals surface area contributed by atoms with Crippen LogP contribution in [0.1, 0.15) is 25.7 Å². The average molecular weight is 296 g/mol. The Morgan fingerprint density at radius 2 is 1.68 bits per heavy atom. The highest BCUT2D eigenvalue weighted by Gasteiger charge is 2.10. The molecule has 3 rings (SSSR count). The second kappa shape index (κ2) is 6.84. The summed E-state index contributed by atoms with van der Waals surface area (Å²) in [6.07, 6.45) is 4.78. The van der Waals surface area contributed by atoms with Crippen molar-refractivity contribution in [1.82, 2.24) is 4.57 Å². The van der Waals surface area contributed by atoms with Crippen molar-refractivity contribution in [3.63, 3.8) is 0 Å². The van der Waals surface area contributed by atoms with Gasteiger partial charge in [-0.1, -0.05) is 31.0 Å². The van der Waals surface area contributed by atoms with Crippen LogP contribution in [0.2, 0.25) is 0 Å². The van der Waals surface area contributed by atoms with E-state index in [2.05, 4.69) is 41.0 Å². The van der Waals surface area contributed by atoms with E-state index in [1.54, 1.807) is 7.11 Å². The van der Waals surface area contributed by atoms with E-state index in [-0.39, 0.29) is 0 Å². The predicted molar refractivity (Wildman–Crippen MR) is 93.5 cm³/mol. The number of para-hydroxylation sites is 1. The highest BCUT2D eigenvalue weighted by atomic mass is 16.5. The topological polar surface area (TPSA) is 40.2 Å². The highest BCUT2D eigenvalue weighted by molar-refractivity contribution is 6.08. The number of fused-ring (bicyclic) bond motifs is 3. The molecule has 0 amide bonds. The smallest absolute Gasteiger partial charge is 0.119 e. The molecule has 0 aliphatic carbocycles. The van der Waals surface area contributed by atoms with E-state index in [4.69, 9.17) is 10.5 Å². The van der Waals surface area contributed by atoms with Crippen molar-refractivity contribution < 1.29 is 4.74 Å². The molecule has 0 unspecified atom stereocenters. The number of nitrogens with two attached hydrogens (primary N) is 1. The molecule has 0 aliphatic rings. The Balaban J connectivity index is 1.96. The molecule has 0 radical (unpaired) electrons. The zero-order valence-electron chi connectivity index (χ0n) is 13.2. The third-order valence-electron chi connectivity index (χ3n) is 4.32. The first-order chi connectivity index (χ1) is 10.8. The second-order valence-electron chi connectivity index (χ2n) is 5.75. The largest absolute Gasteiger partial charge is 0.497 e. The van der Waals surface area contributed by atoms with E-state index >= 15 is 0 Å². The van der Waals surface area contributed by atoms with Gasteiger partial charge >= 0.3 is 0 Å². The number of rotatable bonds is 7. The van der Waals surface area contributed by atoms with E-state index in [1.165, 1.54) is 41.1 Å². The molecule has 116 valence electrons. The maximum Gasteiger partial charge on any atom is 0.119 e. The number of aromatic nitrogens is 1. The molecule has 0 fully saturated rings. The van der Waals surface area contributed by atoms with E-state index in [0.717, 1.165) is 25.3 Å². The van der Waals surface area contributed by atoms with Crippen molar-refractivity contribution in [2.24, 2.45) is 5.73 Å². The predicted octanol–water partition coefficient (Wildman–Crippen LogP) is 4.32. The van der Waals surface area contributed by atoms with Gasteiger partial charge in [0.1, 0.15) is 5.75 Å². The number of benzene rings is 2. The normalized spacial score (nSPS) is 11.4. The van der Waals surface area contributed by atoms with Gasteiger partial charge in [-0.05, 0) is 43.7 Å². The number of hydrogen-bond acceptors (Lipinski definition) is 2. The second-order valence-corrected chi connectivity index (χ2v) is 5.75. The summed E-state index contributed by atoms with van der Waals surface area (Å²) < 4.78 is 7.82. The van der Waals surface area contributed by atoms with Crippen LogP contribution in [0.25, 0.3) is 21.8 Å². The van der Waals surface area contributed by atoms with Crippen molar-refractivity contribution >= 4 is 21.8 Å². The van der Waals surface area contributed by atoms with Gasteiger partial charge in [-0.2, -0.15) is 0 Å². The van der Waals surface area contributed by atoms with Gasteiger partial charge in [-0.3, -0.25) is 0 Å². The van der Waals surface area contributed by atoms with Gasteiger partial charge in [0, 0.05) is 28.4 Å². The summed E-state index contributed by atoms with van der Waals surface area (Å²) in [7, 11) is 1.72. The molecule has 3 nitrogen and oxygen atoms in total. The molecule has 0 aliphatic heterocycles. The number of hydrogen-bond donors (Lipinski definition) is 1. The van der Waals surface area contributed by atoms with E-state index in [0.29, 0.717) is 0 Å². The van der Waals surface area contributed by atoms with Crippen LogP contribution in [-0.4, -0.2) is 18.2 Å². The molecule has 0 saturated heterocycles. The molecule has 1 aromatic heterocycles. The van der Waals surface area contributed by atoms with Gasteiger partial charge in [0.05, 0.1) is 7.11 Å². The van der Waals surface area contributed by atoms with Crippen LogP contribution in [-0.2, 0) is 6.54 Å². The lowest BCUT2D eigenvalue weighted by Gasteiger charge is -2.07. The van der Waals surface area contributed by atoms with E-state index in [9.17, 15) is 0 Å². The Morgan fingerprint density at radius 1 is 0.909 bits per heavy atom. The van der Waals surface area contributed by atoms with Crippen molar-refractivity contribution in [2.75, 3.05) is 13.7 Å². The van der Waals surface area contributed by atoms with Crippen LogP contribution < -0.4 is 10.5 Å². The molecule has 3 aromatic rings. The van der Waals surface area contributed by atoms with Gasteiger partial charge in [-0.25, -0.2) is 0 Å². The van der Waals surface area contributed by atoms with E-state index < -0.39 is 0 Å². The summed E-state index contributed by atoms with van der Waals surface area (Å²) >= 11 is 0. The van der Waals surface area contributed by atoms with Gasteiger partial charge in [-0.15, -0.1) is 0 Å². The summed E-state index contributed by atoms with van der Waals surface area (Å²) in [5, 5.41) is 2.58. The van der Waals surface area contributed by atoms with Crippen LogP contribution in [0, 0.1) is 0 Å². The first-order valence-corrected chi connectivity index (χ1v) is 8.10. The van der Waals surface area contributed by atoms with Crippen LogP contribution in [0.15, 0.2) is 42.5 Å². The van der Waals surface area contributed by atoms with Crippen LogP contribution in [0.3, 0.4) is 0 Å². The Kier molecular flexibility index (Phi) is 4.64. The monoisotopic (exact) mass is 296 g/mol. The van der Waals surface area contributed by atoms with Crippen LogP contribution in [0.4, 0.5) is 0 Å². The first kappa shape index (κ1) is 14.9. The molecular weight excluding hydrogens is 272 g/mol. The minimum Gasteiger partial charge on any atom is -0.497 e. The van der Waals surface area contributed by atoms with Gasteiger partial charge < -0.3 is 15.0 Å². The lowest BCUT2D eigenvalue weighted by atomic mass is 10.1. The Bertz CT molecular complexity index is 761. The molecule has 2 aromatic carbocycles. The number of nitrogens with zero attached hydrogens (tertiary/aromatic N) is 1. The zero-order valence-corrected chi connectivity index (χ0v) is 13.2. The Labute approximate surface area is 131 Å². The first-order valence-electron chi connectivity index (χ1n) is 8.10. The van der Waals surface area contributed by atoms with Crippen molar-refractivity contribution in [3.05, 3.63) is 42.5 Å². The average Bonchev–Trinajstić information content (AvgIpc) is 2.88. The van der Waals surface area contributed by atoms with Gasteiger partial charge in [0.2, 0.25) is 0 Å². The molecule has 0 atom stereocenters. The SMILES string of the molecule is COc1ccc2c(c1)c1ccccc1n2CCCCCCN. The quantitative estimate of drug-likeness (QED) is 0.659. The number of unbranched alkanes of at least 4 members (excludes halogenated alkanes) is 3. The number of ether oxygens (including phenoxy) is 1. The lowest BCUT2D eigenvalue weighted by Crippen LogP contribution is -2.00. The van der Waals surface area contributed by atoms with Crippen molar-refractivity contribution in [1.29, 1.82) is 0 Å². The molecule has 22 heavy (non-hydrogen) atoms. The van der Waals surface area contributed by atoms with Crippen molar-refractivity contribution in [3.8, 4) is 5.75 Å². The van der Waals surface area contributed by atoms with Crippen molar-refractivity contribution in [2.45, 2.75) is 32.2 Å². The Morgan fingerprint density at radius 3 is 2.50 bits per heavy atom. The van der Waals surface area contributed by atoms with E-state index in [1.807, 2.05) is 6.07 Å². The summed E-state index contributed by atoms with van der Waals surface area (Å²) in [5.74, 6) is 0.915. The lowest BCUT2D eigenvalue weighted by molar-refractivity contribution is 0.415. The third-order valence-corrected chi connectivity index (χ3v) is 4.32. The summed E-state index contributed by atoms with van der Waals surface area (Å²) in [5.41, 5.74) is 8.17. The zero-order chi connectivity index (χ0) is 15.4. The maximum absolute atomic E-state index is 5.56. The molecule has 1 heterocycles. The Hall–Kier alpha value is -2.00. The summed E-state index contributed by atoms with van der Waals surface area (Å²) in [6.45, 7) is 1.86. The molecule has 3 heteroatoms.